The second-order valence-electron chi connectivity index (χ2n) is 6.46. The first kappa shape index (κ1) is 20.7. The summed E-state index contributed by atoms with van der Waals surface area (Å²) in [6.45, 7) is 0.749. The van der Waals surface area contributed by atoms with Crippen LogP contribution in [0.25, 0.3) is 16.4 Å². The lowest BCUT2D eigenvalue weighted by molar-refractivity contribution is 0.102. The maximum Gasteiger partial charge on any atom is 0.336 e. The molecule has 1 amide bonds. The molecule has 0 radical (unpaired) electrons. The van der Waals surface area contributed by atoms with Gasteiger partial charge in [-0.3, -0.25) is 4.79 Å². The van der Waals surface area contributed by atoms with Gasteiger partial charge in [0.15, 0.2) is 5.82 Å². The molecule has 1 N–H and O–H groups in total. The SMILES string of the molecule is COCCOc1nc(-c2cccs2)n(-c2cccc(NC(=O)c3cccc(F)c3)c2)n1. The van der Waals surface area contributed by atoms with Crippen molar-refractivity contribution in [2.45, 2.75) is 0 Å². The third-order valence-corrected chi connectivity index (χ3v) is 5.15. The van der Waals surface area contributed by atoms with E-state index in [1.54, 1.807) is 36.1 Å². The number of amides is 1. The highest BCUT2D eigenvalue weighted by atomic mass is 32.1. The number of carbonyl (C=O) groups is 1. The van der Waals surface area contributed by atoms with Crippen molar-refractivity contribution in [1.82, 2.24) is 14.8 Å². The number of methoxy groups -OCH3 is 1. The van der Waals surface area contributed by atoms with Crippen molar-refractivity contribution in [1.29, 1.82) is 0 Å². The van der Waals surface area contributed by atoms with E-state index in [0.717, 1.165) is 4.88 Å². The Bertz CT molecular complexity index is 1180. The van der Waals surface area contributed by atoms with Crippen LogP contribution in [0, 0.1) is 5.82 Å². The zero-order chi connectivity index (χ0) is 21.6. The van der Waals surface area contributed by atoms with Gasteiger partial charge in [-0.05, 0) is 47.8 Å². The van der Waals surface area contributed by atoms with Crippen molar-refractivity contribution in [3.05, 3.63) is 77.4 Å². The third-order valence-electron chi connectivity index (χ3n) is 4.28. The highest BCUT2D eigenvalue weighted by Gasteiger charge is 2.16. The molecule has 0 saturated carbocycles. The molecule has 2 heterocycles. The van der Waals surface area contributed by atoms with Gasteiger partial charge in [-0.15, -0.1) is 16.4 Å². The molecule has 2 aromatic heterocycles. The summed E-state index contributed by atoms with van der Waals surface area (Å²) >= 11 is 1.53. The Morgan fingerprint density at radius 3 is 2.77 bits per heavy atom. The summed E-state index contributed by atoms with van der Waals surface area (Å²) in [6, 6.07) is 16.8. The summed E-state index contributed by atoms with van der Waals surface area (Å²) in [7, 11) is 1.59. The van der Waals surface area contributed by atoms with Crippen LogP contribution in [0.4, 0.5) is 10.1 Å². The third kappa shape index (κ3) is 4.96. The minimum absolute atomic E-state index is 0.231. The Morgan fingerprint density at radius 2 is 2.00 bits per heavy atom. The van der Waals surface area contributed by atoms with Gasteiger partial charge in [-0.1, -0.05) is 18.2 Å². The predicted octanol–water partition coefficient (Wildman–Crippen LogP) is 4.41. The summed E-state index contributed by atoms with van der Waals surface area (Å²) in [5, 5.41) is 9.21. The number of hydrogen-bond donors (Lipinski definition) is 1. The van der Waals surface area contributed by atoms with Crippen molar-refractivity contribution in [3.63, 3.8) is 0 Å². The number of rotatable bonds is 8. The van der Waals surface area contributed by atoms with Gasteiger partial charge in [0, 0.05) is 18.4 Å². The van der Waals surface area contributed by atoms with Gasteiger partial charge < -0.3 is 14.8 Å². The van der Waals surface area contributed by atoms with Crippen LogP contribution in [0.3, 0.4) is 0 Å². The fraction of sp³-hybridized carbons (Fsp3) is 0.136. The molecule has 0 fully saturated rings. The first-order valence-corrected chi connectivity index (χ1v) is 10.3. The molecule has 9 heteroatoms. The molecular formula is C22H19FN4O3S. The van der Waals surface area contributed by atoms with Crippen molar-refractivity contribution in [2.24, 2.45) is 0 Å². The van der Waals surface area contributed by atoms with Gasteiger partial charge in [0.2, 0.25) is 0 Å². The molecule has 31 heavy (non-hydrogen) atoms. The van der Waals surface area contributed by atoms with Crippen LogP contribution in [0.15, 0.2) is 66.0 Å². The number of anilines is 1. The van der Waals surface area contributed by atoms with E-state index in [1.807, 2.05) is 23.6 Å². The number of aromatic nitrogens is 3. The summed E-state index contributed by atoms with van der Waals surface area (Å²) < 4.78 is 25.7. The Hall–Kier alpha value is -3.56. The van der Waals surface area contributed by atoms with E-state index in [2.05, 4.69) is 15.4 Å². The number of hydrogen-bond acceptors (Lipinski definition) is 6. The number of nitrogens with zero attached hydrogens (tertiary/aromatic N) is 3. The smallest absolute Gasteiger partial charge is 0.336 e. The minimum Gasteiger partial charge on any atom is -0.460 e. The maximum absolute atomic E-state index is 13.4. The topological polar surface area (TPSA) is 78.3 Å². The standard InChI is InChI=1S/C22H19FN4O3S/c1-29-10-11-30-22-25-20(19-9-4-12-31-19)27(26-22)18-8-3-7-17(14-18)24-21(28)15-5-2-6-16(23)13-15/h2-9,12-14H,10-11H2,1H3,(H,24,28). The van der Waals surface area contributed by atoms with E-state index in [-0.39, 0.29) is 11.6 Å². The number of thiophene rings is 1. The van der Waals surface area contributed by atoms with E-state index >= 15 is 0 Å². The molecule has 0 atom stereocenters. The van der Waals surface area contributed by atoms with Crippen molar-refractivity contribution in [2.75, 3.05) is 25.6 Å². The summed E-state index contributed by atoms with van der Waals surface area (Å²) in [6.07, 6.45) is 0. The highest BCUT2D eigenvalue weighted by Crippen LogP contribution is 2.28. The highest BCUT2D eigenvalue weighted by molar-refractivity contribution is 7.13. The quantitative estimate of drug-likeness (QED) is 0.412. The molecule has 0 bridgehead atoms. The Kier molecular flexibility index (Phi) is 6.34. The Balaban J connectivity index is 1.62. The van der Waals surface area contributed by atoms with Crippen LogP contribution < -0.4 is 10.1 Å². The number of carbonyl (C=O) groups excluding carboxylic acids is 1. The average Bonchev–Trinajstić information content (AvgIpc) is 3.44. The zero-order valence-corrected chi connectivity index (χ0v) is 17.4. The molecule has 4 rings (SSSR count). The molecular weight excluding hydrogens is 419 g/mol. The number of ether oxygens (including phenoxy) is 2. The molecule has 158 valence electrons. The van der Waals surface area contributed by atoms with Crippen LogP contribution in [0.5, 0.6) is 6.01 Å². The number of halogens is 1. The van der Waals surface area contributed by atoms with Crippen molar-refractivity contribution in [3.8, 4) is 22.4 Å². The van der Waals surface area contributed by atoms with Crippen molar-refractivity contribution < 1.29 is 18.7 Å². The maximum atomic E-state index is 13.4. The second kappa shape index (κ2) is 9.50. The van der Waals surface area contributed by atoms with E-state index in [4.69, 9.17) is 9.47 Å². The van der Waals surface area contributed by atoms with Crippen LogP contribution in [-0.4, -0.2) is 41.0 Å². The second-order valence-corrected chi connectivity index (χ2v) is 7.41. The lowest BCUT2D eigenvalue weighted by Crippen LogP contribution is -2.12. The van der Waals surface area contributed by atoms with Crippen LogP contribution in [-0.2, 0) is 4.74 Å². The fourth-order valence-corrected chi connectivity index (χ4v) is 3.56. The Labute approximate surface area is 182 Å². The van der Waals surface area contributed by atoms with Gasteiger partial charge in [-0.25, -0.2) is 9.07 Å². The summed E-state index contributed by atoms with van der Waals surface area (Å²) in [5.41, 5.74) is 1.47. The first-order chi connectivity index (χ1) is 15.1. The van der Waals surface area contributed by atoms with E-state index < -0.39 is 11.7 Å². The lowest BCUT2D eigenvalue weighted by atomic mass is 10.2. The fourth-order valence-electron chi connectivity index (χ4n) is 2.86. The molecule has 7 nitrogen and oxygen atoms in total. The molecule has 2 aromatic carbocycles. The molecule has 0 aliphatic heterocycles. The van der Waals surface area contributed by atoms with Gasteiger partial charge in [0.25, 0.3) is 5.91 Å². The molecule has 0 aliphatic carbocycles. The lowest BCUT2D eigenvalue weighted by Gasteiger charge is -2.09. The van der Waals surface area contributed by atoms with Gasteiger partial charge in [0.1, 0.15) is 12.4 Å². The normalized spacial score (nSPS) is 10.8. The van der Waals surface area contributed by atoms with Crippen LogP contribution in [0.2, 0.25) is 0 Å². The van der Waals surface area contributed by atoms with E-state index in [9.17, 15) is 9.18 Å². The molecule has 0 spiro atoms. The average molecular weight is 438 g/mol. The van der Waals surface area contributed by atoms with Crippen LogP contribution >= 0.6 is 11.3 Å². The Morgan fingerprint density at radius 1 is 1.13 bits per heavy atom. The minimum atomic E-state index is -0.467. The zero-order valence-electron chi connectivity index (χ0n) is 16.6. The first-order valence-electron chi connectivity index (χ1n) is 9.44. The van der Waals surface area contributed by atoms with E-state index in [0.29, 0.717) is 30.4 Å². The summed E-state index contributed by atoms with van der Waals surface area (Å²) in [4.78, 5) is 17.9. The van der Waals surface area contributed by atoms with Gasteiger partial charge >= 0.3 is 6.01 Å². The number of nitrogens with one attached hydrogen (secondary N) is 1. The molecule has 0 unspecified atom stereocenters. The molecule has 4 aromatic rings. The molecule has 0 saturated heterocycles. The molecule has 0 aliphatic rings. The largest absolute Gasteiger partial charge is 0.460 e. The monoisotopic (exact) mass is 438 g/mol. The predicted molar refractivity (Wildman–Crippen MR) is 116 cm³/mol. The summed E-state index contributed by atoms with van der Waals surface area (Å²) in [5.74, 6) is -0.251. The van der Waals surface area contributed by atoms with Crippen LogP contribution in [0.1, 0.15) is 10.4 Å². The van der Waals surface area contributed by atoms with E-state index in [1.165, 1.54) is 29.5 Å². The van der Waals surface area contributed by atoms with Crippen molar-refractivity contribution >= 4 is 22.9 Å². The van der Waals surface area contributed by atoms with Gasteiger partial charge in [-0.2, -0.15) is 4.98 Å². The number of benzene rings is 2. The van der Waals surface area contributed by atoms with Gasteiger partial charge in [0.05, 0.1) is 17.2 Å².